The number of aliphatic hydroxyl groups is 1. The lowest BCUT2D eigenvalue weighted by Crippen LogP contribution is -2.51. The molecule has 0 aromatic carbocycles. The summed E-state index contributed by atoms with van der Waals surface area (Å²) in [5, 5.41) is 19.0. The maximum absolute atomic E-state index is 10.3. The predicted octanol–water partition coefficient (Wildman–Crippen LogP) is 1.09. The van der Waals surface area contributed by atoms with Crippen molar-refractivity contribution in [2.75, 3.05) is 13.1 Å². The first-order valence-electron chi connectivity index (χ1n) is 5.12. The van der Waals surface area contributed by atoms with E-state index in [1.165, 1.54) is 6.42 Å². The van der Waals surface area contributed by atoms with Gasteiger partial charge in [0.25, 0.3) is 0 Å². The van der Waals surface area contributed by atoms with Crippen LogP contribution in [0.3, 0.4) is 0 Å². The van der Waals surface area contributed by atoms with Crippen LogP contribution in [0.15, 0.2) is 0 Å². The minimum Gasteiger partial charge on any atom is -0.389 e. The lowest BCUT2D eigenvalue weighted by atomic mass is 9.71. The molecule has 2 unspecified atom stereocenters. The van der Waals surface area contributed by atoms with Crippen molar-refractivity contribution >= 4 is 0 Å². The smallest absolute Gasteiger partial charge is 0.179 e. The Labute approximate surface area is 79.0 Å². The average Bonchev–Trinajstić information content (AvgIpc) is 2.16. The van der Waals surface area contributed by atoms with E-state index >= 15 is 0 Å². The molecule has 0 amide bonds. The molecule has 0 aromatic rings. The summed E-state index contributed by atoms with van der Waals surface area (Å²) in [6, 6.07) is 0. The van der Waals surface area contributed by atoms with Crippen LogP contribution in [0.4, 0.5) is 0 Å². The van der Waals surface area contributed by atoms with Gasteiger partial charge in [-0.05, 0) is 19.3 Å². The zero-order chi connectivity index (χ0) is 9.31. The van der Waals surface area contributed by atoms with Crippen molar-refractivity contribution in [3.05, 3.63) is 0 Å². The van der Waals surface area contributed by atoms with Crippen molar-refractivity contribution in [1.82, 2.24) is 4.90 Å². The summed E-state index contributed by atoms with van der Waals surface area (Å²) in [6.45, 7) is 1.51. The van der Waals surface area contributed by atoms with Gasteiger partial charge < -0.3 is 10.0 Å². The number of hydrogen-bond acceptors (Lipinski definition) is 3. The van der Waals surface area contributed by atoms with E-state index in [1.807, 2.05) is 0 Å². The molecule has 3 nitrogen and oxygen atoms in total. The second kappa shape index (κ2) is 3.19. The highest BCUT2D eigenvalue weighted by Crippen LogP contribution is 2.39. The Morgan fingerprint density at radius 2 is 2.23 bits per heavy atom. The van der Waals surface area contributed by atoms with Gasteiger partial charge in [0.15, 0.2) is 6.19 Å². The average molecular weight is 180 g/mol. The van der Waals surface area contributed by atoms with Gasteiger partial charge in [-0.1, -0.05) is 12.8 Å². The summed E-state index contributed by atoms with van der Waals surface area (Å²) in [4.78, 5) is 1.78. The number of hydrogen-bond donors (Lipinski definition) is 1. The standard InChI is InChI=1S/C10H16N2O/c11-8-12-6-5-10(13)4-2-1-3-9(10)7-12/h9,13H,1-7H2. The van der Waals surface area contributed by atoms with Crippen LogP contribution in [0.2, 0.25) is 0 Å². The zero-order valence-corrected chi connectivity index (χ0v) is 7.87. The molecule has 1 saturated heterocycles. The summed E-state index contributed by atoms with van der Waals surface area (Å²) < 4.78 is 0. The third-order valence-electron chi connectivity index (χ3n) is 3.57. The van der Waals surface area contributed by atoms with Gasteiger partial charge in [0, 0.05) is 19.0 Å². The van der Waals surface area contributed by atoms with Crippen molar-refractivity contribution in [2.24, 2.45) is 5.92 Å². The molecule has 2 fully saturated rings. The van der Waals surface area contributed by atoms with E-state index in [0.29, 0.717) is 5.92 Å². The van der Waals surface area contributed by atoms with Crippen molar-refractivity contribution in [1.29, 1.82) is 5.26 Å². The fourth-order valence-corrected chi connectivity index (χ4v) is 2.66. The van der Waals surface area contributed by atoms with Crippen LogP contribution in [0.25, 0.3) is 0 Å². The summed E-state index contributed by atoms with van der Waals surface area (Å²) >= 11 is 0. The van der Waals surface area contributed by atoms with E-state index < -0.39 is 5.60 Å². The largest absolute Gasteiger partial charge is 0.389 e. The molecule has 0 radical (unpaired) electrons. The fraction of sp³-hybridized carbons (Fsp3) is 0.900. The van der Waals surface area contributed by atoms with Crippen LogP contribution in [-0.2, 0) is 0 Å². The number of fused-ring (bicyclic) bond motifs is 1. The van der Waals surface area contributed by atoms with Crippen molar-refractivity contribution in [2.45, 2.75) is 37.7 Å². The molecule has 13 heavy (non-hydrogen) atoms. The summed E-state index contributed by atoms with van der Waals surface area (Å²) in [7, 11) is 0. The predicted molar refractivity (Wildman–Crippen MR) is 48.7 cm³/mol. The van der Waals surface area contributed by atoms with Crippen LogP contribution in [0.5, 0.6) is 0 Å². The number of nitriles is 1. The molecule has 1 aliphatic heterocycles. The van der Waals surface area contributed by atoms with Gasteiger partial charge in [-0.15, -0.1) is 0 Å². The molecule has 2 rings (SSSR count). The third kappa shape index (κ3) is 1.51. The molecule has 1 N–H and O–H groups in total. The van der Waals surface area contributed by atoms with E-state index in [0.717, 1.165) is 38.8 Å². The topological polar surface area (TPSA) is 47.3 Å². The second-order valence-corrected chi connectivity index (χ2v) is 4.34. The zero-order valence-electron chi connectivity index (χ0n) is 7.87. The molecule has 2 aliphatic rings. The number of nitrogens with zero attached hydrogens (tertiary/aromatic N) is 2. The Balaban J connectivity index is 2.06. The van der Waals surface area contributed by atoms with Crippen LogP contribution in [0, 0.1) is 17.4 Å². The Morgan fingerprint density at radius 1 is 1.38 bits per heavy atom. The molecule has 0 spiro atoms. The first kappa shape index (κ1) is 8.83. The van der Waals surface area contributed by atoms with Crippen molar-refractivity contribution in [3.8, 4) is 6.19 Å². The molecule has 2 atom stereocenters. The summed E-state index contributed by atoms with van der Waals surface area (Å²) in [5.74, 6) is 0.342. The molecule has 0 bridgehead atoms. The molecule has 3 heteroatoms. The Morgan fingerprint density at radius 3 is 3.00 bits per heavy atom. The Kier molecular flexibility index (Phi) is 2.17. The summed E-state index contributed by atoms with van der Waals surface area (Å²) in [6.07, 6.45) is 7.36. The minimum atomic E-state index is -0.439. The lowest BCUT2D eigenvalue weighted by Gasteiger charge is -2.45. The Hall–Kier alpha value is -0.750. The van der Waals surface area contributed by atoms with Crippen molar-refractivity contribution in [3.63, 3.8) is 0 Å². The molecule has 1 aliphatic carbocycles. The number of rotatable bonds is 0. The molecule has 72 valence electrons. The quantitative estimate of drug-likeness (QED) is 0.568. The van der Waals surface area contributed by atoms with Gasteiger partial charge in [0.05, 0.1) is 5.60 Å². The normalized spacial score (nSPS) is 39.4. The SMILES string of the molecule is N#CN1CCC2(O)CCCCC2C1. The van der Waals surface area contributed by atoms with Gasteiger partial charge in [0.1, 0.15) is 0 Å². The highest BCUT2D eigenvalue weighted by Gasteiger charge is 2.42. The van der Waals surface area contributed by atoms with Gasteiger partial charge in [0.2, 0.25) is 0 Å². The maximum atomic E-state index is 10.3. The third-order valence-corrected chi connectivity index (χ3v) is 3.57. The van der Waals surface area contributed by atoms with E-state index in [-0.39, 0.29) is 0 Å². The van der Waals surface area contributed by atoms with E-state index in [2.05, 4.69) is 6.19 Å². The van der Waals surface area contributed by atoms with Crippen molar-refractivity contribution < 1.29 is 5.11 Å². The first-order valence-corrected chi connectivity index (χ1v) is 5.12. The monoisotopic (exact) mass is 180 g/mol. The molecule has 0 aromatic heterocycles. The van der Waals surface area contributed by atoms with Gasteiger partial charge >= 0.3 is 0 Å². The second-order valence-electron chi connectivity index (χ2n) is 4.34. The molecular formula is C10H16N2O. The molecule has 1 heterocycles. The van der Waals surface area contributed by atoms with Gasteiger partial charge in [-0.3, -0.25) is 0 Å². The highest BCUT2D eigenvalue weighted by atomic mass is 16.3. The van der Waals surface area contributed by atoms with E-state index in [4.69, 9.17) is 5.26 Å². The minimum absolute atomic E-state index is 0.342. The van der Waals surface area contributed by atoms with E-state index in [1.54, 1.807) is 4.90 Å². The van der Waals surface area contributed by atoms with Gasteiger partial charge in [-0.2, -0.15) is 5.26 Å². The fourth-order valence-electron chi connectivity index (χ4n) is 2.66. The molecule has 1 saturated carbocycles. The van der Waals surface area contributed by atoms with Crippen LogP contribution >= 0.6 is 0 Å². The highest BCUT2D eigenvalue weighted by molar-refractivity contribution is 4.97. The van der Waals surface area contributed by atoms with E-state index in [9.17, 15) is 5.11 Å². The number of piperidine rings is 1. The van der Waals surface area contributed by atoms with Crippen LogP contribution < -0.4 is 0 Å². The van der Waals surface area contributed by atoms with Crippen LogP contribution in [-0.4, -0.2) is 28.7 Å². The number of likely N-dealkylation sites (tertiary alicyclic amines) is 1. The maximum Gasteiger partial charge on any atom is 0.179 e. The first-order chi connectivity index (χ1) is 6.24. The van der Waals surface area contributed by atoms with Crippen LogP contribution in [0.1, 0.15) is 32.1 Å². The summed E-state index contributed by atoms with van der Waals surface area (Å²) in [5.41, 5.74) is -0.439. The Bertz CT molecular complexity index is 236. The lowest BCUT2D eigenvalue weighted by molar-refractivity contribution is -0.0860. The molecular weight excluding hydrogens is 164 g/mol. The van der Waals surface area contributed by atoms with Gasteiger partial charge in [-0.25, -0.2) is 0 Å².